The van der Waals surface area contributed by atoms with Gasteiger partial charge in [-0.2, -0.15) is 0 Å². The van der Waals surface area contributed by atoms with Gasteiger partial charge < -0.3 is 11.1 Å². The van der Waals surface area contributed by atoms with Gasteiger partial charge in [-0.15, -0.1) is 11.3 Å². The molecule has 1 aliphatic rings. The van der Waals surface area contributed by atoms with E-state index < -0.39 is 0 Å². The molecule has 0 spiro atoms. The van der Waals surface area contributed by atoms with Crippen LogP contribution in [0.5, 0.6) is 0 Å². The molecule has 3 atom stereocenters. The smallest absolute Gasteiger partial charge is 0.160 e. The van der Waals surface area contributed by atoms with Crippen LogP contribution in [0.3, 0.4) is 0 Å². The molecule has 2 rings (SSSR count). The van der Waals surface area contributed by atoms with Crippen LogP contribution in [0.2, 0.25) is 0 Å². The van der Waals surface area contributed by atoms with Crippen molar-refractivity contribution in [3.05, 3.63) is 21.9 Å². The maximum absolute atomic E-state index is 10.6. The number of nitrogens with two attached hydrogens (primary N) is 1. The molecule has 1 fully saturated rings. The zero-order chi connectivity index (χ0) is 10.8. The van der Waals surface area contributed by atoms with Crippen molar-refractivity contribution in [3.63, 3.8) is 0 Å². The second kappa shape index (κ2) is 4.43. The molecule has 0 saturated carbocycles. The van der Waals surface area contributed by atoms with Crippen LogP contribution in [0.4, 0.5) is 0 Å². The lowest BCUT2D eigenvalue weighted by atomic mass is 9.91. The van der Waals surface area contributed by atoms with E-state index in [2.05, 4.69) is 12.2 Å². The van der Waals surface area contributed by atoms with Crippen molar-refractivity contribution in [2.24, 2.45) is 11.7 Å². The molecule has 2 heterocycles. The van der Waals surface area contributed by atoms with E-state index in [1.54, 1.807) is 0 Å². The van der Waals surface area contributed by atoms with Crippen molar-refractivity contribution in [2.45, 2.75) is 25.4 Å². The maximum Gasteiger partial charge on any atom is 0.160 e. The number of aldehydes is 1. The number of carbonyl (C=O) groups is 1. The molecule has 82 valence electrons. The Labute approximate surface area is 93.7 Å². The van der Waals surface area contributed by atoms with E-state index in [1.165, 1.54) is 16.2 Å². The molecule has 3 unspecified atom stereocenters. The van der Waals surface area contributed by atoms with Gasteiger partial charge in [-0.05, 0) is 31.0 Å². The Morgan fingerprint density at radius 1 is 1.60 bits per heavy atom. The number of carbonyl (C=O) groups excluding carboxylic acids is 1. The Hall–Kier alpha value is -0.710. The highest BCUT2D eigenvalue weighted by Gasteiger charge is 2.27. The summed E-state index contributed by atoms with van der Waals surface area (Å²) >= 11 is 1.53. The van der Waals surface area contributed by atoms with E-state index in [4.69, 9.17) is 5.73 Å². The van der Waals surface area contributed by atoms with Crippen molar-refractivity contribution in [3.8, 4) is 0 Å². The van der Waals surface area contributed by atoms with Crippen LogP contribution in [0.1, 0.15) is 33.9 Å². The molecule has 0 bridgehead atoms. The van der Waals surface area contributed by atoms with Gasteiger partial charge >= 0.3 is 0 Å². The molecule has 4 heteroatoms. The monoisotopic (exact) mass is 224 g/mol. The molecule has 0 amide bonds. The van der Waals surface area contributed by atoms with E-state index in [9.17, 15) is 4.79 Å². The minimum Gasteiger partial charge on any atom is -0.326 e. The van der Waals surface area contributed by atoms with Crippen LogP contribution in [-0.2, 0) is 0 Å². The fourth-order valence-corrected chi connectivity index (χ4v) is 3.05. The highest BCUT2D eigenvalue weighted by atomic mass is 32.1. The maximum atomic E-state index is 10.6. The molecule has 3 N–H and O–H groups in total. The average molecular weight is 224 g/mol. The predicted molar refractivity (Wildman–Crippen MR) is 62.2 cm³/mol. The van der Waals surface area contributed by atoms with Crippen molar-refractivity contribution < 1.29 is 4.79 Å². The van der Waals surface area contributed by atoms with Crippen molar-refractivity contribution in [2.75, 3.05) is 6.54 Å². The highest BCUT2D eigenvalue weighted by Crippen LogP contribution is 2.29. The summed E-state index contributed by atoms with van der Waals surface area (Å²) in [6.45, 7) is 3.21. The lowest BCUT2D eigenvalue weighted by Gasteiger charge is -2.33. The summed E-state index contributed by atoms with van der Waals surface area (Å²) in [6, 6.07) is 4.24. The molecule has 1 aromatic rings. The van der Waals surface area contributed by atoms with Gasteiger partial charge in [-0.1, -0.05) is 6.92 Å². The molecule has 3 nitrogen and oxygen atoms in total. The first-order valence-corrected chi connectivity index (χ1v) is 6.06. The van der Waals surface area contributed by atoms with Crippen LogP contribution < -0.4 is 11.1 Å². The molecule has 1 aliphatic heterocycles. The zero-order valence-corrected chi connectivity index (χ0v) is 9.59. The normalized spacial score (nSPS) is 31.5. The first-order valence-electron chi connectivity index (χ1n) is 5.24. The van der Waals surface area contributed by atoms with Gasteiger partial charge in [0.25, 0.3) is 0 Å². The summed E-state index contributed by atoms with van der Waals surface area (Å²) < 4.78 is 0. The third kappa shape index (κ3) is 2.27. The van der Waals surface area contributed by atoms with Crippen LogP contribution >= 0.6 is 11.3 Å². The highest BCUT2D eigenvalue weighted by molar-refractivity contribution is 7.13. The Balaban J connectivity index is 2.12. The molecule has 0 aromatic carbocycles. The summed E-state index contributed by atoms with van der Waals surface area (Å²) in [4.78, 5) is 12.5. The molecule has 1 saturated heterocycles. The second-order valence-corrected chi connectivity index (χ2v) is 5.40. The fourth-order valence-electron chi connectivity index (χ4n) is 2.07. The number of hydrogen-bond acceptors (Lipinski definition) is 4. The topological polar surface area (TPSA) is 55.1 Å². The summed E-state index contributed by atoms with van der Waals surface area (Å²) in [6.07, 6.45) is 1.94. The van der Waals surface area contributed by atoms with Gasteiger partial charge in [0.15, 0.2) is 6.29 Å². The molecule has 0 radical (unpaired) electrons. The summed E-state index contributed by atoms with van der Waals surface area (Å²) in [5, 5.41) is 3.44. The van der Waals surface area contributed by atoms with Crippen molar-refractivity contribution in [1.82, 2.24) is 5.32 Å². The quantitative estimate of drug-likeness (QED) is 0.750. The average Bonchev–Trinajstić information content (AvgIpc) is 2.66. The number of hydrogen-bond donors (Lipinski definition) is 2. The zero-order valence-electron chi connectivity index (χ0n) is 8.77. The van der Waals surface area contributed by atoms with Crippen LogP contribution in [0.25, 0.3) is 0 Å². The summed E-state index contributed by atoms with van der Waals surface area (Å²) in [5.74, 6) is 0.641. The van der Waals surface area contributed by atoms with Gasteiger partial charge in [0.2, 0.25) is 0 Å². The molecular formula is C11H16N2OS. The fraction of sp³-hybridized carbons (Fsp3) is 0.545. The minimum atomic E-state index is 0.159. The van der Waals surface area contributed by atoms with Gasteiger partial charge in [0.1, 0.15) is 0 Å². The van der Waals surface area contributed by atoms with Gasteiger partial charge in [0, 0.05) is 10.9 Å². The lowest BCUT2D eigenvalue weighted by molar-refractivity contribution is 0.112. The molecular weight excluding hydrogens is 208 g/mol. The van der Waals surface area contributed by atoms with Crippen molar-refractivity contribution in [1.29, 1.82) is 0 Å². The Kier molecular flexibility index (Phi) is 3.19. The minimum absolute atomic E-state index is 0.159. The van der Waals surface area contributed by atoms with Gasteiger partial charge in [-0.25, -0.2) is 0 Å². The van der Waals surface area contributed by atoms with Crippen LogP contribution in [-0.4, -0.2) is 18.9 Å². The van der Waals surface area contributed by atoms with Crippen molar-refractivity contribution >= 4 is 17.6 Å². The summed E-state index contributed by atoms with van der Waals surface area (Å²) in [5.41, 5.74) is 6.11. The summed E-state index contributed by atoms with van der Waals surface area (Å²) in [7, 11) is 0. The molecule has 0 aliphatic carbocycles. The van der Waals surface area contributed by atoms with Crippen LogP contribution in [0.15, 0.2) is 12.1 Å². The Bertz CT molecular complexity index is 350. The largest absolute Gasteiger partial charge is 0.326 e. The lowest BCUT2D eigenvalue weighted by Crippen LogP contribution is -2.45. The van der Waals surface area contributed by atoms with Gasteiger partial charge in [0.05, 0.1) is 10.9 Å². The first-order chi connectivity index (χ1) is 7.20. The standard InChI is InChI=1S/C11H16N2OS/c1-7-4-9(12)11(13-5-7)10-3-2-8(6-14)15-10/h2-3,6-7,9,11,13H,4-5,12H2,1H3. The second-order valence-electron chi connectivity index (χ2n) is 4.25. The van der Waals surface area contributed by atoms with E-state index in [0.717, 1.165) is 24.1 Å². The van der Waals surface area contributed by atoms with Gasteiger partial charge in [-0.3, -0.25) is 4.79 Å². The van der Waals surface area contributed by atoms with E-state index in [0.29, 0.717) is 5.92 Å². The number of rotatable bonds is 2. The van der Waals surface area contributed by atoms with E-state index >= 15 is 0 Å². The number of thiophene rings is 1. The van der Waals surface area contributed by atoms with Crippen LogP contribution in [0, 0.1) is 5.92 Å². The Morgan fingerprint density at radius 2 is 2.40 bits per heavy atom. The predicted octanol–water partition coefficient (Wildman–Crippen LogP) is 1.56. The van der Waals surface area contributed by atoms with E-state index in [-0.39, 0.29) is 12.1 Å². The van der Waals surface area contributed by atoms with E-state index in [1.807, 2.05) is 12.1 Å². The first kappa shape index (κ1) is 10.8. The third-order valence-corrected chi connectivity index (χ3v) is 3.95. The SMILES string of the molecule is CC1CNC(c2ccc(C=O)s2)C(N)C1. The third-order valence-electron chi connectivity index (χ3n) is 2.86. The molecule has 15 heavy (non-hydrogen) atoms. The number of piperidine rings is 1. The number of nitrogens with one attached hydrogen (secondary N) is 1. The molecule has 1 aromatic heterocycles. The Morgan fingerprint density at radius 3 is 3.00 bits per heavy atom.